The first-order valence-corrected chi connectivity index (χ1v) is 6.67. The van der Waals surface area contributed by atoms with E-state index in [1.54, 1.807) is 16.7 Å². The number of hydrogen-bond donors (Lipinski definition) is 1. The number of hydrogen-bond acceptors (Lipinski definition) is 2. The fourth-order valence-electron chi connectivity index (χ4n) is 2.55. The van der Waals surface area contributed by atoms with E-state index in [0.717, 1.165) is 16.8 Å². The number of rotatable bonds is 3. The van der Waals surface area contributed by atoms with Gasteiger partial charge in [-0.2, -0.15) is 0 Å². The van der Waals surface area contributed by atoms with Crippen LogP contribution < -0.4 is 11.3 Å². The lowest BCUT2D eigenvalue weighted by Crippen LogP contribution is -2.31. The zero-order valence-corrected chi connectivity index (χ0v) is 12.0. The van der Waals surface area contributed by atoms with Crippen LogP contribution in [0.1, 0.15) is 35.3 Å². The van der Waals surface area contributed by atoms with Gasteiger partial charge in [-0.15, -0.1) is 0 Å². The first kappa shape index (κ1) is 14.5. The van der Waals surface area contributed by atoms with Crippen LogP contribution in [0.4, 0.5) is 4.39 Å². The fraction of sp³-hybridized carbons (Fsp3) is 0.312. The van der Waals surface area contributed by atoms with E-state index in [9.17, 15) is 9.18 Å². The molecule has 0 aliphatic carbocycles. The van der Waals surface area contributed by atoms with E-state index in [1.807, 2.05) is 26.8 Å². The van der Waals surface area contributed by atoms with Crippen LogP contribution >= 0.6 is 0 Å². The summed E-state index contributed by atoms with van der Waals surface area (Å²) >= 11 is 0. The Labute approximate surface area is 117 Å². The maximum absolute atomic E-state index is 13.0. The highest BCUT2D eigenvalue weighted by Gasteiger charge is 2.18. The molecule has 0 amide bonds. The minimum atomic E-state index is -0.540. The molecule has 1 unspecified atom stereocenters. The van der Waals surface area contributed by atoms with Crippen molar-refractivity contribution >= 4 is 0 Å². The first-order valence-electron chi connectivity index (χ1n) is 6.67. The molecule has 1 aromatic heterocycles. The Morgan fingerprint density at radius 3 is 2.40 bits per heavy atom. The van der Waals surface area contributed by atoms with Gasteiger partial charge in [0.15, 0.2) is 0 Å². The van der Waals surface area contributed by atoms with Crippen molar-refractivity contribution in [2.45, 2.75) is 33.4 Å². The van der Waals surface area contributed by atoms with Crippen LogP contribution in [0.3, 0.4) is 0 Å². The smallest absolute Gasteiger partial charge is 0.256 e. The molecule has 2 N–H and O–H groups in total. The standard InChI is InChI=1S/C16H19FN2O/c1-4-19-11(3)9-10(2)14(16(19)20)15(18)12-5-7-13(17)8-6-12/h5-9,15H,4,18H2,1-3H3. The van der Waals surface area contributed by atoms with Gasteiger partial charge >= 0.3 is 0 Å². The predicted octanol–water partition coefficient (Wildman–Crippen LogP) is 2.67. The van der Waals surface area contributed by atoms with E-state index in [1.165, 1.54) is 12.1 Å². The molecule has 0 bridgehead atoms. The van der Waals surface area contributed by atoms with E-state index in [2.05, 4.69) is 0 Å². The van der Waals surface area contributed by atoms with E-state index in [-0.39, 0.29) is 11.4 Å². The molecule has 0 aliphatic rings. The van der Waals surface area contributed by atoms with Crippen molar-refractivity contribution in [2.75, 3.05) is 0 Å². The molecule has 1 heterocycles. The van der Waals surface area contributed by atoms with E-state index < -0.39 is 6.04 Å². The molecule has 1 aromatic carbocycles. The predicted molar refractivity (Wildman–Crippen MR) is 78.3 cm³/mol. The number of benzene rings is 1. The van der Waals surface area contributed by atoms with Gasteiger partial charge in [0.2, 0.25) is 0 Å². The molecular weight excluding hydrogens is 255 g/mol. The monoisotopic (exact) mass is 274 g/mol. The van der Waals surface area contributed by atoms with Crippen LogP contribution in [-0.4, -0.2) is 4.57 Å². The SMILES string of the molecule is CCn1c(C)cc(C)c(C(N)c2ccc(F)cc2)c1=O. The zero-order valence-electron chi connectivity index (χ0n) is 12.0. The molecule has 106 valence electrons. The molecule has 0 saturated carbocycles. The quantitative estimate of drug-likeness (QED) is 0.935. The van der Waals surface area contributed by atoms with Gasteiger partial charge in [0.05, 0.1) is 6.04 Å². The molecule has 1 atom stereocenters. The molecule has 2 rings (SSSR count). The molecule has 0 fully saturated rings. The Bertz CT molecular complexity index is 674. The highest BCUT2D eigenvalue weighted by Crippen LogP contribution is 2.20. The Morgan fingerprint density at radius 2 is 1.85 bits per heavy atom. The number of halogens is 1. The summed E-state index contributed by atoms with van der Waals surface area (Å²) in [5.74, 6) is -0.312. The second-order valence-corrected chi connectivity index (χ2v) is 4.96. The normalized spacial score (nSPS) is 12.4. The lowest BCUT2D eigenvalue weighted by atomic mass is 9.96. The second-order valence-electron chi connectivity index (χ2n) is 4.96. The summed E-state index contributed by atoms with van der Waals surface area (Å²) in [6, 6.07) is 7.38. The summed E-state index contributed by atoms with van der Waals surface area (Å²) in [6.07, 6.45) is 0. The minimum absolute atomic E-state index is 0.0678. The van der Waals surface area contributed by atoms with Gasteiger partial charge in [0.25, 0.3) is 5.56 Å². The van der Waals surface area contributed by atoms with Crippen molar-refractivity contribution in [3.63, 3.8) is 0 Å². The molecule has 2 aromatic rings. The number of nitrogens with zero attached hydrogens (tertiary/aromatic N) is 1. The van der Waals surface area contributed by atoms with Crippen LogP contribution in [0.15, 0.2) is 35.1 Å². The lowest BCUT2D eigenvalue weighted by molar-refractivity contribution is 0.626. The van der Waals surface area contributed by atoms with Gasteiger partial charge in [0, 0.05) is 17.8 Å². The number of aromatic nitrogens is 1. The number of aryl methyl sites for hydroxylation is 2. The van der Waals surface area contributed by atoms with Gasteiger partial charge in [0.1, 0.15) is 5.82 Å². The zero-order chi connectivity index (χ0) is 14.9. The van der Waals surface area contributed by atoms with Crippen LogP contribution in [0.2, 0.25) is 0 Å². The topological polar surface area (TPSA) is 48.0 Å². The maximum Gasteiger partial charge on any atom is 0.256 e. The Kier molecular flexibility index (Phi) is 4.04. The van der Waals surface area contributed by atoms with Crippen LogP contribution in [0, 0.1) is 19.7 Å². The Hall–Kier alpha value is -1.94. The van der Waals surface area contributed by atoms with Crippen molar-refractivity contribution in [3.05, 3.63) is 68.9 Å². The minimum Gasteiger partial charge on any atom is -0.320 e. The van der Waals surface area contributed by atoms with Gasteiger partial charge in [-0.25, -0.2) is 4.39 Å². The lowest BCUT2D eigenvalue weighted by Gasteiger charge is -2.18. The van der Waals surface area contributed by atoms with Crippen molar-refractivity contribution < 1.29 is 4.39 Å². The van der Waals surface area contributed by atoms with E-state index in [4.69, 9.17) is 5.73 Å². The Morgan fingerprint density at radius 1 is 1.25 bits per heavy atom. The molecular formula is C16H19FN2O. The van der Waals surface area contributed by atoms with Crippen molar-refractivity contribution in [2.24, 2.45) is 5.73 Å². The molecule has 20 heavy (non-hydrogen) atoms. The van der Waals surface area contributed by atoms with E-state index in [0.29, 0.717) is 12.1 Å². The summed E-state index contributed by atoms with van der Waals surface area (Å²) in [4.78, 5) is 12.5. The van der Waals surface area contributed by atoms with E-state index >= 15 is 0 Å². The molecule has 0 spiro atoms. The first-order chi connectivity index (χ1) is 9.45. The molecule has 0 aliphatic heterocycles. The molecule has 0 radical (unpaired) electrons. The average Bonchev–Trinajstić information content (AvgIpc) is 2.39. The van der Waals surface area contributed by atoms with Gasteiger partial charge < -0.3 is 10.3 Å². The van der Waals surface area contributed by atoms with Crippen LogP contribution in [0.5, 0.6) is 0 Å². The van der Waals surface area contributed by atoms with Crippen LogP contribution in [-0.2, 0) is 6.54 Å². The van der Waals surface area contributed by atoms with Gasteiger partial charge in [-0.3, -0.25) is 4.79 Å². The number of pyridine rings is 1. The summed E-state index contributed by atoms with van der Waals surface area (Å²) in [6.45, 7) is 6.32. The third-order valence-electron chi connectivity index (χ3n) is 3.61. The van der Waals surface area contributed by atoms with Crippen molar-refractivity contribution in [1.29, 1.82) is 0 Å². The molecule has 3 nitrogen and oxygen atoms in total. The average molecular weight is 274 g/mol. The van der Waals surface area contributed by atoms with Crippen molar-refractivity contribution in [3.8, 4) is 0 Å². The maximum atomic E-state index is 13.0. The number of nitrogens with two attached hydrogens (primary N) is 1. The summed E-state index contributed by atoms with van der Waals surface area (Å²) < 4.78 is 14.7. The highest BCUT2D eigenvalue weighted by atomic mass is 19.1. The molecule has 0 saturated heterocycles. The van der Waals surface area contributed by atoms with Gasteiger partial charge in [-0.05, 0) is 50.1 Å². The van der Waals surface area contributed by atoms with Crippen LogP contribution in [0.25, 0.3) is 0 Å². The third kappa shape index (κ3) is 2.51. The summed E-state index contributed by atoms with van der Waals surface area (Å²) in [5, 5.41) is 0. The largest absolute Gasteiger partial charge is 0.320 e. The molecule has 4 heteroatoms. The second kappa shape index (κ2) is 5.59. The van der Waals surface area contributed by atoms with Gasteiger partial charge in [-0.1, -0.05) is 12.1 Å². The highest BCUT2D eigenvalue weighted by molar-refractivity contribution is 5.36. The fourth-order valence-corrected chi connectivity index (χ4v) is 2.55. The summed E-state index contributed by atoms with van der Waals surface area (Å²) in [7, 11) is 0. The Balaban J connectivity index is 2.57. The summed E-state index contributed by atoms with van der Waals surface area (Å²) in [5.41, 5.74) is 9.24. The van der Waals surface area contributed by atoms with Crippen molar-refractivity contribution in [1.82, 2.24) is 4.57 Å². The third-order valence-corrected chi connectivity index (χ3v) is 3.61.